The lowest BCUT2D eigenvalue weighted by Crippen LogP contribution is -2.22. The molecule has 0 radical (unpaired) electrons. The first-order valence-corrected chi connectivity index (χ1v) is 10.5. The zero-order valence-electron chi connectivity index (χ0n) is 16.7. The fourth-order valence-corrected chi connectivity index (χ4v) is 3.77. The van der Waals surface area contributed by atoms with Gasteiger partial charge in [-0.15, -0.1) is 0 Å². The summed E-state index contributed by atoms with van der Waals surface area (Å²) in [6.07, 6.45) is 2.12. The average Bonchev–Trinajstić information content (AvgIpc) is 3.11. The Bertz CT molecular complexity index is 1170. The highest BCUT2D eigenvalue weighted by Gasteiger charge is 2.28. The molecule has 2 N–H and O–H groups in total. The van der Waals surface area contributed by atoms with Gasteiger partial charge in [-0.2, -0.15) is 5.10 Å². The Morgan fingerprint density at radius 3 is 2.45 bits per heavy atom. The van der Waals surface area contributed by atoms with E-state index in [-0.39, 0.29) is 11.7 Å². The molecule has 1 aliphatic carbocycles. The number of hydrogen-bond donors (Lipinski definition) is 2. The molecule has 3 aromatic rings. The molecule has 8 heteroatoms. The van der Waals surface area contributed by atoms with Crippen LogP contribution in [0.15, 0.2) is 62.5 Å². The molecule has 0 saturated carbocycles. The predicted molar refractivity (Wildman–Crippen MR) is 119 cm³/mol. The molecule has 1 aromatic heterocycles. The molecule has 0 saturated heterocycles. The summed E-state index contributed by atoms with van der Waals surface area (Å²) in [4.78, 5) is 25.1. The monoisotopic (exact) mass is 483 g/mol. The minimum atomic E-state index is -0.436. The van der Waals surface area contributed by atoms with E-state index >= 15 is 0 Å². The largest absolute Gasteiger partial charge is 0.455 e. The number of carbonyl (C=O) groups is 2. The molecule has 1 heterocycles. The van der Waals surface area contributed by atoms with Crippen LogP contribution < -0.4 is 10.7 Å². The van der Waals surface area contributed by atoms with Gasteiger partial charge < -0.3 is 9.73 Å². The minimum absolute atomic E-state index is 0.229. The van der Waals surface area contributed by atoms with Crippen LogP contribution in [-0.2, 0) is 6.42 Å². The summed E-state index contributed by atoms with van der Waals surface area (Å²) in [6.45, 7) is 1.81. The molecular formula is C23H19BrFN3O3. The number of anilines is 1. The van der Waals surface area contributed by atoms with Crippen LogP contribution in [0.5, 0.6) is 0 Å². The lowest BCUT2D eigenvalue weighted by atomic mass is 9.93. The van der Waals surface area contributed by atoms with Gasteiger partial charge in [-0.1, -0.05) is 15.9 Å². The van der Waals surface area contributed by atoms with Crippen molar-refractivity contribution in [1.82, 2.24) is 5.43 Å². The van der Waals surface area contributed by atoms with E-state index in [4.69, 9.17) is 4.42 Å². The molecule has 0 aliphatic heterocycles. The van der Waals surface area contributed by atoms with Gasteiger partial charge in [0.1, 0.15) is 11.6 Å². The van der Waals surface area contributed by atoms with Crippen molar-refractivity contribution in [2.24, 2.45) is 5.10 Å². The third kappa shape index (κ3) is 4.59. The molecule has 31 heavy (non-hydrogen) atoms. The lowest BCUT2D eigenvalue weighted by molar-refractivity contribution is 0.0953. The maximum atomic E-state index is 13.1. The zero-order valence-corrected chi connectivity index (χ0v) is 18.3. The van der Waals surface area contributed by atoms with Gasteiger partial charge in [-0.3, -0.25) is 9.59 Å². The van der Waals surface area contributed by atoms with Crippen molar-refractivity contribution >= 4 is 39.1 Å². The number of hydrazone groups is 1. The molecule has 1 aliphatic rings. The molecule has 6 nitrogen and oxygen atoms in total. The van der Waals surface area contributed by atoms with Gasteiger partial charge in [-0.05, 0) is 68.3 Å². The Kier molecular flexibility index (Phi) is 5.99. The number of rotatable bonds is 4. The summed E-state index contributed by atoms with van der Waals surface area (Å²) in [6, 6.07) is 12.5. The predicted octanol–water partition coefficient (Wildman–Crippen LogP) is 5.21. The molecule has 0 bridgehead atoms. The Balaban J connectivity index is 1.55. The fraction of sp³-hybridized carbons (Fsp3) is 0.174. The maximum Gasteiger partial charge on any atom is 0.291 e. The molecule has 0 unspecified atom stereocenters. The molecular weight excluding hydrogens is 465 g/mol. The van der Waals surface area contributed by atoms with E-state index in [0.717, 1.165) is 16.5 Å². The molecule has 0 atom stereocenters. The second kappa shape index (κ2) is 8.85. The van der Waals surface area contributed by atoms with E-state index in [0.29, 0.717) is 41.1 Å². The van der Waals surface area contributed by atoms with Crippen LogP contribution in [0.2, 0.25) is 0 Å². The SMILES string of the molecule is Cc1c(C(=O)Nc2ccc(Br)cc2)oc2c1/C(=N/NC(=O)c1ccc(F)cc1)CCC2. The standard InChI is InChI=1S/C23H19BrFN3O3/c1-13-20-18(27-28-22(29)14-5-9-16(25)10-6-14)3-2-4-19(20)31-21(13)23(30)26-17-11-7-15(24)8-12-17/h5-12H,2-4H2,1H3,(H,26,30)(H,28,29)/b27-18+. The van der Waals surface area contributed by atoms with Crippen LogP contribution in [0.1, 0.15) is 50.6 Å². The Labute approximate surface area is 186 Å². The topological polar surface area (TPSA) is 83.7 Å². The van der Waals surface area contributed by atoms with E-state index in [1.54, 1.807) is 12.1 Å². The number of halogens is 2. The Hall–Kier alpha value is -3.26. The second-order valence-electron chi connectivity index (χ2n) is 7.18. The number of furan rings is 1. The number of aryl methyl sites for hydroxylation is 1. The van der Waals surface area contributed by atoms with Crippen LogP contribution in [0.25, 0.3) is 0 Å². The number of amides is 2. The van der Waals surface area contributed by atoms with Gasteiger partial charge in [0.25, 0.3) is 11.8 Å². The summed E-state index contributed by atoms with van der Waals surface area (Å²) in [5, 5.41) is 7.11. The number of benzene rings is 2. The highest BCUT2D eigenvalue weighted by molar-refractivity contribution is 9.10. The first-order valence-electron chi connectivity index (χ1n) is 9.74. The van der Waals surface area contributed by atoms with Crippen molar-refractivity contribution in [2.45, 2.75) is 26.2 Å². The first-order chi connectivity index (χ1) is 14.9. The van der Waals surface area contributed by atoms with E-state index in [1.807, 2.05) is 19.1 Å². The summed E-state index contributed by atoms with van der Waals surface area (Å²) in [5.41, 5.74) is 5.57. The first kappa shape index (κ1) is 21.0. The Morgan fingerprint density at radius 1 is 1.03 bits per heavy atom. The van der Waals surface area contributed by atoms with Crippen molar-refractivity contribution in [1.29, 1.82) is 0 Å². The number of hydrogen-bond acceptors (Lipinski definition) is 4. The lowest BCUT2D eigenvalue weighted by Gasteiger charge is -2.13. The van der Waals surface area contributed by atoms with Crippen molar-refractivity contribution in [3.8, 4) is 0 Å². The number of nitrogens with zero attached hydrogens (tertiary/aromatic N) is 1. The fourth-order valence-electron chi connectivity index (χ4n) is 3.50. The number of nitrogens with one attached hydrogen (secondary N) is 2. The van der Waals surface area contributed by atoms with Gasteiger partial charge in [0.05, 0.1) is 5.71 Å². The van der Waals surface area contributed by atoms with Crippen molar-refractivity contribution < 1.29 is 18.4 Å². The average molecular weight is 484 g/mol. The summed E-state index contributed by atoms with van der Waals surface area (Å²) in [5.74, 6) is -0.285. The number of fused-ring (bicyclic) bond motifs is 1. The van der Waals surface area contributed by atoms with Crippen LogP contribution >= 0.6 is 15.9 Å². The highest BCUT2D eigenvalue weighted by atomic mass is 79.9. The van der Waals surface area contributed by atoms with E-state index in [9.17, 15) is 14.0 Å². The van der Waals surface area contributed by atoms with E-state index in [2.05, 4.69) is 31.8 Å². The van der Waals surface area contributed by atoms with Gasteiger partial charge in [-0.25, -0.2) is 9.82 Å². The smallest absolute Gasteiger partial charge is 0.291 e. The molecule has 4 rings (SSSR count). The van der Waals surface area contributed by atoms with Crippen LogP contribution in [0, 0.1) is 12.7 Å². The van der Waals surface area contributed by atoms with Crippen molar-refractivity contribution in [3.63, 3.8) is 0 Å². The van der Waals surface area contributed by atoms with Gasteiger partial charge in [0.15, 0.2) is 5.76 Å². The Morgan fingerprint density at radius 2 is 1.74 bits per heavy atom. The number of carbonyl (C=O) groups excluding carboxylic acids is 2. The van der Waals surface area contributed by atoms with Crippen LogP contribution in [-0.4, -0.2) is 17.5 Å². The van der Waals surface area contributed by atoms with Crippen LogP contribution in [0.4, 0.5) is 10.1 Å². The van der Waals surface area contributed by atoms with Crippen LogP contribution in [0.3, 0.4) is 0 Å². The summed E-state index contributed by atoms with van der Waals surface area (Å²) >= 11 is 3.37. The summed E-state index contributed by atoms with van der Waals surface area (Å²) in [7, 11) is 0. The minimum Gasteiger partial charge on any atom is -0.455 e. The second-order valence-corrected chi connectivity index (χ2v) is 8.09. The van der Waals surface area contributed by atoms with Gasteiger partial charge in [0, 0.05) is 33.3 Å². The van der Waals surface area contributed by atoms with E-state index in [1.165, 1.54) is 24.3 Å². The zero-order chi connectivity index (χ0) is 22.0. The third-order valence-electron chi connectivity index (χ3n) is 5.03. The molecule has 158 valence electrons. The molecule has 2 amide bonds. The molecule has 0 fully saturated rings. The van der Waals surface area contributed by atoms with Crippen molar-refractivity contribution in [3.05, 3.63) is 87.0 Å². The maximum absolute atomic E-state index is 13.1. The third-order valence-corrected chi connectivity index (χ3v) is 5.56. The molecule has 0 spiro atoms. The van der Waals surface area contributed by atoms with Crippen molar-refractivity contribution in [2.75, 3.05) is 5.32 Å². The summed E-state index contributed by atoms with van der Waals surface area (Å²) < 4.78 is 19.8. The normalized spacial score (nSPS) is 14.2. The highest BCUT2D eigenvalue weighted by Crippen LogP contribution is 2.30. The molecule has 2 aromatic carbocycles. The van der Waals surface area contributed by atoms with E-state index < -0.39 is 11.7 Å². The van der Waals surface area contributed by atoms with Gasteiger partial charge in [0.2, 0.25) is 0 Å². The van der Waals surface area contributed by atoms with Gasteiger partial charge >= 0.3 is 0 Å². The quantitative estimate of drug-likeness (QED) is 0.499.